The van der Waals surface area contributed by atoms with E-state index in [1.807, 2.05) is 20.8 Å². The maximum absolute atomic E-state index is 11.6. The molecule has 2 N–H and O–H groups in total. The highest BCUT2D eigenvalue weighted by Crippen LogP contribution is 2.05. The van der Waals surface area contributed by atoms with Gasteiger partial charge in [0.15, 0.2) is 0 Å². The third-order valence-corrected chi connectivity index (χ3v) is 2.61. The SMILES string of the molecule is CCCCNC(=O)C(C)NCC(C)(C)OC. The van der Waals surface area contributed by atoms with Crippen molar-refractivity contribution in [2.24, 2.45) is 0 Å². The Morgan fingerprint density at radius 2 is 2.06 bits per heavy atom. The first-order valence-electron chi connectivity index (χ1n) is 5.99. The Hall–Kier alpha value is -0.610. The normalized spacial score (nSPS) is 13.6. The van der Waals surface area contributed by atoms with E-state index in [0.29, 0.717) is 6.54 Å². The molecule has 0 heterocycles. The summed E-state index contributed by atoms with van der Waals surface area (Å²) in [6.45, 7) is 9.37. The average Bonchev–Trinajstić information content (AvgIpc) is 2.26. The molecular weight excluding hydrogens is 204 g/mol. The third-order valence-electron chi connectivity index (χ3n) is 2.61. The zero-order chi connectivity index (χ0) is 12.6. The molecule has 0 spiro atoms. The molecule has 0 saturated heterocycles. The number of carbonyl (C=O) groups excluding carboxylic acids is 1. The Labute approximate surface area is 99.1 Å². The van der Waals surface area contributed by atoms with Crippen molar-refractivity contribution >= 4 is 5.91 Å². The second-order valence-electron chi connectivity index (χ2n) is 4.71. The van der Waals surface area contributed by atoms with Gasteiger partial charge in [-0.1, -0.05) is 13.3 Å². The molecule has 0 aromatic heterocycles. The summed E-state index contributed by atoms with van der Waals surface area (Å²) in [6, 6.07) is -0.175. The van der Waals surface area contributed by atoms with Gasteiger partial charge >= 0.3 is 0 Å². The molecule has 4 heteroatoms. The lowest BCUT2D eigenvalue weighted by Crippen LogP contribution is -2.47. The molecule has 0 aliphatic heterocycles. The van der Waals surface area contributed by atoms with Crippen LogP contribution in [0.15, 0.2) is 0 Å². The fourth-order valence-electron chi connectivity index (χ4n) is 1.11. The molecule has 0 aliphatic rings. The first-order chi connectivity index (χ1) is 7.43. The summed E-state index contributed by atoms with van der Waals surface area (Å²) in [7, 11) is 1.67. The topological polar surface area (TPSA) is 50.4 Å². The van der Waals surface area contributed by atoms with E-state index in [1.54, 1.807) is 7.11 Å². The van der Waals surface area contributed by atoms with Gasteiger partial charge in [0.1, 0.15) is 0 Å². The molecule has 0 bridgehead atoms. The Morgan fingerprint density at radius 3 is 2.56 bits per heavy atom. The molecule has 4 nitrogen and oxygen atoms in total. The average molecular weight is 230 g/mol. The van der Waals surface area contributed by atoms with Crippen molar-refractivity contribution in [3.8, 4) is 0 Å². The van der Waals surface area contributed by atoms with Crippen molar-refractivity contribution in [2.45, 2.75) is 52.2 Å². The highest BCUT2D eigenvalue weighted by atomic mass is 16.5. The van der Waals surface area contributed by atoms with Crippen LogP contribution < -0.4 is 10.6 Å². The second-order valence-corrected chi connectivity index (χ2v) is 4.71. The minimum absolute atomic E-state index is 0.0559. The van der Waals surface area contributed by atoms with E-state index in [2.05, 4.69) is 17.6 Å². The summed E-state index contributed by atoms with van der Waals surface area (Å²) in [5.74, 6) is 0.0559. The number of hydrogen-bond donors (Lipinski definition) is 2. The van der Waals surface area contributed by atoms with Gasteiger partial charge in [-0.3, -0.25) is 4.79 Å². The predicted octanol–water partition coefficient (Wildman–Crippen LogP) is 1.31. The van der Waals surface area contributed by atoms with Crippen molar-refractivity contribution in [3.63, 3.8) is 0 Å². The van der Waals surface area contributed by atoms with E-state index in [9.17, 15) is 4.79 Å². The molecule has 0 saturated carbocycles. The molecule has 0 fully saturated rings. The Balaban J connectivity index is 3.79. The number of amides is 1. The largest absolute Gasteiger partial charge is 0.377 e. The highest BCUT2D eigenvalue weighted by Gasteiger charge is 2.19. The lowest BCUT2D eigenvalue weighted by atomic mass is 10.1. The fourth-order valence-corrected chi connectivity index (χ4v) is 1.11. The number of rotatable bonds is 8. The number of methoxy groups -OCH3 is 1. The quantitative estimate of drug-likeness (QED) is 0.618. The monoisotopic (exact) mass is 230 g/mol. The van der Waals surface area contributed by atoms with Crippen LogP contribution in [0.4, 0.5) is 0 Å². The number of hydrogen-bond acceptors (Lipinski definition) is 3. The maximum Gasteiger partial charge on any atom is 0.236 e. The predicted molar refractivity (Wildman–Crippen MR) is 66.5 cm³/mol. The van der Waals surface area contributed by atoms with Gasteiger partial charge in [-0.25, -0.2) is 0 Å². The van der Waals surface area contributed by atoms with E-state index in [1.165, 1.54) is 0 Å². The fraction of sp³-hybridized carbons (Fsp3) is 0.917. The Morgan fingerprint density at radius 1 is 1.44 bits per heavy atom. The number of unbranched alkanes of at least 4 members (excludes halogenated alkanes) is 1. The van der Waals surface area contributed by atoms with Gasteiger partial charge in [0, 0.05) is 20.2 Å². The standard InChI is InChI=1S/C12H26N2O2/c1-6-7-8-13-11(15)10(2)14-9-12(3,4)16-5/h10,14H,6-9H2,1-5H3,(H,13,15). The van der Waals surface area contributed by atoms with Gasteiger partial charge in [0.2, 0.25) is 5.91 Å². The van der Waals surface area contributed by atoms with E-state index >= 15 is 0 Å². The van der Waals surface area contributed by atoms with E-state index < -0.39 is 0 Å². The summed E-state index contributed by atoms with van der Waals surface area (Å²) in [5.41, 5.74) is -0.238. The molecule has 1 amide bonds. The lowest BCUT2D eigenvalue weighted by Gasteiger charge is -2.25. The van der Waals surface area contributed by atoms with Gasteiger partial charge in [-0.2, -0.15) is 0 Å². The van der Waals surface area contributed by atoms with E-state index in [4.69, 9.17) is 4.74 Å². The van der Waals surface area contributed by atoms with Crippen molar-refractivity contribution in [3.05, 3.63) is 0 Å². The smallest absolute Gasteiger partial charge is 0.236 e. The van der Waals surface area contributed by atoms with Crippen molar-refractivity contribution in [1.29, 1.82) is 0 Å². The maximum atomic E-state index is 11.6. The molecule has 96 valence electrons. The van der Waals surface area contributed by atoms with Crippen LogP contribution in [0.25, 0.3) is 0 Å². The second kappa shape index (κ2) is 7.63. The van der Waals surface area contributed by atoms with Crippen LogP contribution in [-0.4, -0.2) is 37.7 Å². The van der Waals surface area contributed by atoms with Crippen LogP contribution in [0.5, 0.6) is 0 Å². The molecule has 0 aromatic carbocycles. The first-order valence-corrected chi connectivity index (χ1v) is 5.99. The van der Waals surface area contributed by atoms with Gasteiger partial charge in [0.25, 0.3) is 0 Å². The van der Waals surface area contributed by atoms with Crippen LogP contribution in [0.1, 0.15) is 40.5 Å². The Bertz CT molecular complexity index is 205. The number of carbonyl (C=O) groups is 1. The van der Waals surface area contributed by atoms with E-state index in [0.717, 1.165) is 19.4 Å². The number of ether oxygens (including phenoxy) is 1. The third kappa shape index (κ3) is 6.80. The molecular formula is C12H26N2O2. The molecule has 0 rings (SSSR count). The molecule has 1 unspecified atom stereocenters. The summed E-state index contributed by atoms with van der Waals surface area (Å²) in [6.07, 6.45) is 2.13. The van der Waals surface area contributed by atoms with Crippen LogP contribution in [0.2, 0.25) is 0 Å². The van der Waals surface area contributed by atoms with Crippen molar-refractivity contribution in [2.75, 3.05) is 20.2 Å². The zero-order valence-corrected chi connectivity index (χ0v) is 11.2. The summed E-state index contributed by atoms with van der Waals surface area (Å²) < 4.78 is 5.27. The molecule has 0 aliphatic carbocycles. The highest BCUT2D eigenvalue weighted by molar-refractivity contribution is 5.81. The Kier molecular flexibility index (Phi) is 7.34. The van der Waals surface area contributed by atoms with Gasteiger partial charge in [0.05, 0.1) is 11.6 Å². The van der Waals surface area contributed by atoms with Crippen LogP contribution in [-0.2, 0) is 9.53 Å². The summed E-state index contributed by atoms with van der Waals surface area (Å²) in [4.78, 5) is 11.6. The molecule has 0 radical (unpaired) electrons. The van der Waals surface area contributed by atoms with Gasteiger partial charge in [-0.05, 0) is 27.2 Å². The number of nitrogens with one attached hydrogen (secondary N) is 2. The van der Waals surface area contributed by atoms with Crippen LogP contribution in [0.3, 0.4) is 0 Å². The summed E-state index contributed by atoms with van der Waals surface area (Å²) >= 11 is 0. The molecule has 0 aromatic rings. The van der Waals surface area contributed by atoms with Gasteiger partial charge < -0.3 is 15.4 Å². The van der Waals surface area contributed by atoms with Crippen LogP contribution >= 0.6 is 0 Å². The molecule has 1 atom stereocenters. The minimum Gasteiger partial charge on any atom is -0.377 e. The first kappa shape index (κ1) is 15.4. The van der Waals surface area contributed by atoms with Crippen LogP contribution in [0, 0.1) is 0 Å². The zero-order valence-electron chi connectivity index (χ0n) is 11.2. The van der Waals surface area contributed by atoms with Crippen molar-refractivity contribution < 1.29 is 9.53 Å². The van der Waals surface area contributed by atoms with Crippen molar-refractivity contribution in [1.82, 2.24) is 10.6 Å². The molecule has 16 heavy (non-hydrogen) atoms. The minimum atomic E-state index is -0.238. The summed E-state index contributed by atoms with van der Waals surface area (Å²) in [5, 5.41) is 6.06. The van der Waals surface area contributed by atoms with Gasteiger partial charge in [-0.15, -0.1) is 0 Å². The lowest BCUT2D eigenvalue weighted by molar-refractivity contribution is -0.123. The van der Waals surface area contributed by atoms with E-state index in [-0.39, 0.29) is 17.6 Å².